The average molecular weight is 351 g/mol. The summed E-state index contributed by atoms with van der Waals surface area (Å²) in [6, 6.07) is 5.86. The lowest BCUT2D eigenvalue weighted by atomic mass is 10.1. The highest BCUT2D eigenvalue weighted by molar-refractivity contribution is 6.31. The molecule has 2 heterocycles. The number of methoxy groups -OCH3 is 2. The Hall–Kier alpha value is -2.09. The molecule has 0 bridgehead atoms. The van der Waals surface area contributed by atoms with Crippen molar-refractivity contribution in [1.29, 1.82) is 0 Å². The molecule has 7 nitrogen and oxygen atoms in total. The summed E-state index contributed by atoms with van der Waals surface area (Å²) in [4.78, 5) is 8.35. The van der Waals surface area contributed by atoms with Crippen molar-refractivity contribution in [3.05, 3.63) is 35.0 Å². The fourth-order valence-electron chi connectivity index (χ4n) is 2.47. The van der Waals surface area contributed by atoms with E-state index in [2.05, 4.69) is 20.6 Å². The molecule has 8 heteroatoms. The maximum atomic E-state index is 5.94. The molecule has 128 valence electrons. The number of nitrogens with one attached hydrogen (secondary N) is 2. The van der Waals surface area contributed by atoms with Crippen LogP contribution in [0.3, 0.4) is 0 Å². The van der Waals surface area contributed by atoms with E-state index in [9.17, 15) is 0 Å². The van der Waals surface area contributed by atoms with Gasteiger partial charge in [-0.05, 0) is 17.7 Å². The van der Waals surface area contributed by atoms with Crippen LogP contribution in [0.5, 0.6) is 11.6 Å². The molecule has 1 aliphatic rings. The third kappa shape index (κ3) is 3.69. The van der Waals surface area contributed by atoms with E-state index in [1.165, 1.54) is 13.3 Å². The van der Waals surface area contributed by atoms with E-state index in [1.807, 2.05) is 18.2 Å². The van der Waals surface area contributed by atoms with Gasteiger partial charge in [-0.3, -0.25) is 0 Å². The molecule has 0 saturated carbocycles. The fraction of sp³-hybridized carbons (Fsp3) is 0.375. The number of hydrogen-bond donors (Lipinski definition) is 2. The largest absolute Gasteiger partial charge is 0.495 e. The van der Waals surface area contributed by atoms with Gasteiger partial charge in [0.1, 0.15) is 10.8 Å². The van der Waals surface area contributed by atoms with E-state index in [1.54, 1.807) is 7.11 Å². The predicted octanol–water partition coefficient (Wildman–Crippen LogP) is 2.55. The lowest BCUT2D eigenvalue weighted by molar-refractivity contribution is 0.0276. The van der Waals surface area contributed by atoms with Crippen LogP contribution in [0, 0.1) is 0 Å². The maximum Gasteiger partial charge on any atom is 0.237 e. The van der Waals surface area contributed by atoms with Crippen LogP contribution >= 0.6 is 11.6 Å². The smallest absolute Gasteiger partial charge is 0.237 e. The summed E-state index contributed by atoms with van der Waals surface area (Å²) in [6.45, 7) is 2.36. The van der Waals surface area contributed by atoms with E-state index in [0.29, 0.717) is 29.2 Å². The summed E-state index contributed by atoms with van der Waals surface area (Å²) in [7, 11) is 3.12. The number of ether oxygens (including phenoxy) is 3. The van der Waals surface area contributed by atoms with Gasteiger partial charge in [0.15, 0.2) is 0 Å². The van der Waals surface area contributed by atoms with Crippen LogP contribution in [0.2, 0.25) is 5.02 Å². The zero-order valence-electron chi connectivity index (χ0n) is 13.5. The Labute approximate surface area is 145 Å². The predicted molar refractivity (Wildman–Crippen MR) is 91.4 cm³/mol. The van der Waals surface area contributed by atoms with Crippen molar-refractivity contribution in [3.63, 3.8) is 0 Å². The molecule has 0 spiro atoms. The molecule has 1 unspecified atom stereocenters. The molecule has 24 heavy (non-hydrogen) atoms. The van der Waals surface area contributed by atoms with Crippen molar-refractivity contribution in [2.75, 3.05) is 39.2 Å². The SMILES string of the molecule is COc1cc(C2CNCCO2)ccc1Nc1ncc(Cl)c(OC)n1. The summed E-state index contributed by atoms with van der Waals surface area (Å²) < 4.78 is 16.3. The maximum absolute atomic E-state index is 5.94. The molecule has 1 aromatic heterocycles. The van der Waals surface area contributed by atoms with Gasteiger partial charge in [0.2, 0.25) is 11.8 Å². The Morgan fingerprint density at radius 2 is 2.21 bits per heavy atom. The third-order valence-corrected chi connectivity index (χ3v) is 3.94. The number of halogens is 1. The van der Waals surface area contributed by atoms with Crippen LogP contribution in [0.4, 0.5) is 11.6 Å². The van der Waals surface area contributed by atoms with Crippen molar-refractivity contribution < 1.29 is 14.2 Å². The van der Waals surface area contributed by atoms with Crippen LogP contribution in [0.25, 0.3) is 0 Å². The first kappa shape index (κ1) is 16.8. The molecule has 1 aromatic carbocycles. The van der Waals surface area contributed by atoms with Crippen molar-refractivity contribution in [2.45, 2.75) is 6.10 Å². The lowest BCUT2D eigenvalue weighted by Crippen LogP contribution is -2.33. The molecule has 2 aromatic rings. The molecule has 2 N–H and O–H groups in total. The third-order valence-electron chi connectivity index (χ3n) is 3.68. The molecule has 0 radical (unpaired) electrons. The van der Waals surface area contributed by atoms with Crippen LogP contribution in [-0.2, 0) is 4.74 Å². The standard InChI is InChI=1S/C16H19ClN4O3/c1-22-13-7-10(14-9-18-5-6-24-14)3-4-12(13)20-16-19-8-11(17)15(21-16)23-2/h3-4,7-8,14,18H,5-6,9H2,1-2H3,(H,19,20,21). The van der Waals surface area contributed by atoms with Gasteiger partial charge in [-0.25, -0.2) is 4.98 Å². The van der Waals surface area contributed by atoms with Crippen LogP contribution in [0.15, 0.2) is 24.4 Å². The van der Waals surface area contributed by atoms with Gasteiger partial charge in [-0.15, -0.1) is 0 Å². The van der Waals surface area contributed by atoms with Gasteiger partial charge >= 0.3 is 0 Å². The van der Waals surface area contributed by atoms with Gasteiger partial charge in [0.25, 0.3) is 0 Å². The summed E-state index contributed by atoms with van der Waals surface area (Å²) in [5.74, 6) is 1.36. The zero-order chi connectivity index (χ0) is 16.9. The van der Waals surface area contributed by atoms with E-state index < -0.39 is 0 Å². The summed E-state index contributed by atoms with van der Waals surface area (Å²) in [6.07, 6.45) is 1.51. The van der Waals surface area contributed by atoms with Gasteiger partial charge in [0, 0.05) is 13.1 Å². The minimum atomic E-state index is 0.0218. The summed E-state index contributed by atoms with van der Waals surface area (Å²) >= 11 is 5.94. The molecule has 0 amide bonds. The number of benzene rings is 1. The second-order valence-corrected chi connectivity index (χ2v) is 5.61. The van der Waals surface area contributed by atoms with Gasteiger partial charge in [0.05, 0.1) is 38.8 Å². The van der Waals surface area contributed by atoms with Crippen LogP contribution in [0.1, 0.15) is 11.7 Å². The quantitative estimate of drug-likeness (QED) is 0.858. The molecule has 3 rings (SSSR count). The molecular weight excluding hydrogens is 332 g/mol. The van der Waals surface area contributed by atoms with Crippen LogP contribution < -0.4 is 20.1 Å². The topological polar surface area (TPSA) is 77.5 Å². The molecule has 1 aliphatic heterocycles. The molecular formula is C16H19ClN4O3. The van der Waals surface area contributed by atoms with Crippen molar-refractivity contribution in [3.8, 4) is 11.6 Å². The van der Waals surface area contributed by atoms with E-state index in [0.717, 1.165) is 24.3 Å². The fourth-order valence-corrected chi connectivity index (χ4v) is 2.63. The number of anilines is 2. The van der Waals surface area contributed by atoms with Crippen molar-refractivity contribution in [1.82, 2.24) is 15.3 Å². The molecule has 1 atom stereocenters. The normalized spacial score (nSPS) is 17.4. The zero-order valence-corrected chi connectivity index (χ0v) is 14.3. The number of aromatic nitrogens is 2. The second-order valence-electron chi connectivity index (χ2n) is 5.20. The highest BCUT2D eigenvalue weighted by atomic mass is 35.5. The first-order valence-electron chi connectivity index (χ1n) is 7.55. The Bertz CT molecular complexity index is 708. The Morgan fingerprint density at radius 1 is 1.33 bits per heavy atom. The Balaban J connectivity index is 1.82. The summed E-state index contributed by atoms with van der Waals surface area (Å²) in [5.41, 5.74) is 1.80. The molecule has 1 fully saturated rings. The highest BCUT2D eigenvalue weighted by Crippen LogP contribution is 2.32. The van der Waals surface area contributed by atoms with Crippen molar-refractivity contribution >= 4 is 23.2 Å². The van der Waals surface area contributed by atoms with E-state index >= 15 is 0 Å². The highest BCUT2D eigenvalue weighted by Gasteiger charge is 2.18. The molecule has 1 saturated heterocycles. The molecule has 0 aliphatic carbocycles. The first-order chi connectivity index (χ1) is 11.7. The number of morpholine rings is 1. The average Bonchev–Trinajstić information content (AvgIpc) is 2.64. The Morgan fingerprint density at radius 3 is 2.92 bits per heavy atom. The number of nitrogens with zero attached hydrogens (tertiary/aromatic N) is 2. The van der Waals surface area contributed by atoms with Gasteiger partial charge in [-0.1, -0.05) is 17.7 Å². The first-order valence-corrected chi connectivity index (χ1v) is 7.93. The minimum Gasteiger partial charge on any atom is -0.495 e. The summed E-state index contributed by atoms with van der Waals surface area (Å²) in [5, 5.41) is 6.78. The van der Waals surface area contributed by atoms with Crippen LogP contribution in [-0.4, -0.2) is 43.9 Å². The Kier molecular flexibility index (Phi) is 5.34. The minimum absolute atomic E-state index is 0.0218. The number of rotatable bonds is 5. The second kappa shape index (κ2) is 7.65. The monoisotopic (exact) mass is 350 g/mol. The van der Waals surface area contributed by atoms with E-state index in [4.69, 9.17) is 25.8 Å². The van der Waals surface area contributed by atoms with E-state index in [-0.39, 0.29) is 6.10 Å². The lowest BCUT2D eigenvalue weighted by Gasteiger charge is -2.24. The number of hydrogen-bond acceptors (Lipinski definition) is 7. The van der Waals surface area contributed by atoms with Crippen molar-refractivity contribution in [2.24, 2.45) is 0 Å². The van der Waals surface area contributed by atoms with Gasteiger partial charge < -0.3 is 24.8 Å². The van der Waals surface area contributed by atoms with Gasteiger partial charge in [-0.2, -0.15) is 4.98 Å².